The summed E-state index contributed by atoms with van der Waals surface area (Å²) in [6.45, 7) is 5.94. The number of hydrogen-bond donors (Lipinski definition) is 1. The maximum atomic E-state index is 12.2. The molecule has 16 heavy (non-hydrogen) atoms. The van der Waals surface area contributed by atoms with Crippen LogP contribution in [0.1, 0.15) is 21.5 Å². The largest absolute Gasteiger partial charge is 0.378 e. The molecule has 1 unspecified atom stereocenters. The molecule has 0 bridgehead atoms. The lowest BCUT2D eigenvalue weighted by molar-refractivity contribution is 0.0607. The number of rotatable bonds is 2. The highest BCUT2D eigenvalue weighted by atomic mass is 16.5. The van der Waals surface area contributed by atoms with Gasteiger partial charge in [-0.25, -0.2) is 0 Å². The van der Waals surface area contributed by atoms with Crippen molar-refractivity contribution >= 4 is 5.78 Å². The Morgan fingerprint density at radius 3 is 2.94 bits per heavy atom. The molecule has 86 valence electrons. The fourth-order valence-corrected chi connectivity index (χ4v) is 1.94. The smallest absolute Gasteiger partial charge is 0.182 e. The number of Topliss-reactive ketones (excluding diaryl/α,β-unsaturated/α-hetero) is 1. The first kappa shape index (κ1) is 11.3. The summed E-state index contributed by atoms with van der Waals surface area (Å²) in [4.78, 5) is 12.2. The number of carbonyl (C=O) groups is 1. The molecule has 1 aliphatic rings. The molecule has 3 heteroatoms. The number of ketones is 1. The zero-order chi connectivity index (χ0) is 11.5. The van der Waals surface area contributed by atoms with Crippen LogP contribution in [0, 0.1) is 13.8 Å². The lowest BCUT2D eigenvalue weighted by Gasteiger charge is -2.23. The Balaban J connectivity index is 2.22. The summed E-state index contributed by atoms with van der Waals surface area (Å²) in [6.07, 6.45) is 0. The van der Waals surface area contributed by atoms with Gasteiger partial charge < -0.3 is 10.1 Å². The standard InChI is InChI=1S/C13H17NO2/c1-9-4-3-5-11(10(9)2)13(15)12-8-16-7-6-14-12/h3-5,12,14H,6-8H2,1-2H3. The van der Waals surface area contributed by atoms with Gasteiger partial charge in [-0.05, 0) is 25.0 Å². The van der Waals surface area contributed by atoms with Crippen LogP contribution in [-0.2, 0) is 4.74 Å². The second kappa shape index (κ2) is 4.76. The van der Waals surface area contributed by atoms with Crippen molar-refractivity contribution in [1.29, 1.82) is 0 Å². The topological polar surface area (TPSA) is 38.3 Å². The van der Waals surface area contributed by atoms with Crippen molar-refractivity contribution in [2.24, 2.45) is 0 Å². The summed E-state index contributed by atoms with van der Waals surface area (Å²) < 4.78 is 5.31. The first-order valence-electron chi connectivity index (χ1n) is 5.61. The molecule has 0 saturated carbocycles. The number of aryl methyl sites for hydroxylation is 1. The minimum Gasteiger partial charge on any atom is -0.378 e. The zero-order valence-electron chi connectivity index (χ0n) is 9.75. The molecule has 0 aromatic heterocycles. The van der Waals surface area contributed by atoms with Crippen LogP contribution < -0.4 is 5.32 Å². The van der Waals surface area contributed by atoms with Gasteiger partial charge in [0.15, 0.2) is 5.78 Å². The van der Waals surface area contributed by atoms with Crippen molar-refractivity contribution in [2.45, 2.75) is 19.9 Å². The van der Waals surface area contributed by atoms with Crippen LogP contribution in [0.4, 0.5) is 0 Å². The Kier molecular flexibility index (Phi) is 3.36. The number of benzene rings is 1. The van der Waals surface area contributed by atoms with Gasteiger partial charge in [-0.2, -0.15) is 0 Å². The summed E-state index contributed by atoms with van der Waals surface area (Å²) in [5, 5.41) is 3.19. The SMILES string of the molecule is Cc1cccc(C(=O)C2COCCN2)c1C. The molecule has 1 aliphatic heterocycles. The summed E-state index contributed by atoms with van der Waals surface area (Å²) in [5.74, 6) is 0.140. The average Bonchev–Trinajstić information content (AvgIpc) is 2.33. The molecule has 0 radical (unpaired) electrons. The van der Waals surface area contributed by atoms with E-state index in [1.807, 2.05) is 32.0 Å². The third kappa shape index (κ3) is 2.15. The molecule has 1 heterocycles. The van der Waals surface area contributed by atoms with Gasteiger partial charge in [0.1, 0.15) is 0 Å². The summed E-state index contributed by atoms with van der Waals surface area (Å²) >= 11 is 0. The van der Waals surface area contributed by atoms with Crippen molar-refractivity contribution < 1.29 is 9.53 Å². The fraction of sp³-hybridized carbons (Fsp3) is 0.462. The van der Waals surface area contributed by atoms with E-state index in [2.05, 4.69) is 5.32 Å². The molecule has 0 amide bonds. The summed E-state index contributed by atoms with van der Waals surface area (Å²) in [6, 6.07) is 5.66. The van der Waals surface area contributed by atoms with Crippen LogP contribution in [-0.4, -0.2) is 31.6 Å². The van der Waals surface area contributed by atoms with E-state index in [1.165, 1.54) is 0 Å². The molecule has 3 nitrogen and oxygen atoms in total. The van der Waals surface area contributed by atoms with Gasteiger partial charge >= 0.3 is 0 Å². The second-order valence-electron chi connectivity index (χ2n) is 4.19. The molecule has 2 rings (SSSR count). The number of nitrogens with one attached hydrogen (secondary N) is 1. The van der Waals surface area contributed by atoms with Crippen molar-refractivity contribution in [3.63, 3.8) is 0 Å². The molecule has 0 spiro atoms. The van der Waals surface area contributed by atoms with Gasteiger partial charge in [-0.15, -0.1) is 0 Å². The highest BCUT2D eigenvalue weighted by Crippen LogP contribution is 2.15. The molecule has 1 atom stereocenters. The van der Waals surface area contributed by atoms with Crippen molar-refractivity contribution in [3.05, 3.63) is 34.9 Å². The predicted octanol–water partition coefficient (Wildman–Crippen LogP) is 1.47. The second-order valence-corrected chi connectivity index (χ2v) is 4.19. The van der Waals surface area contributed by atoms with E-state index in [1.54, 1.807) is 0 Å². The van der Waals surface area contributed by atoms with E-state index in [4.69, 9.17) is 4.74 Å². The van der Waals surface area contributed by atoms with Gasteiger partial charge in [0.05, 0.1) is 19.3 Å². The van der Waals surface area contributed by atoms with Gasteiger partial charge in [-0.1, -0.05) is 18.2 Å². The number of ether oxygens (including phenoxy) is 1. The van der Waals surface area contributed by atoms with E-state index in [0.29, 0.717) is 13.2 Å². The van der Waals surface area contributed by atoms with E-state index in [-0.39, 0.29) is 11.8 Å². The Labute approximate surface area is 95.8 Å². The van der Waals surface area contributed by atoms with Gasteiger partial charge in [0.2, 0.25) is 0 Å². The van der Waals surface area contributed by atoms with Gasteiger partial charge in [0, 0.05) is 12.1 Å². The maximum Gasteiger partial charge on any atom is 0.182 e. The predicted molar refractivity (Wildman–Crippen MR) is 62.9 cm³/mol. The van der Waals surface area contributed by atoms with Crippen molar-refractivity contribution in [3.8, 4) is 0 Å². The molecule has 1 aromatic rings. The Morgan fingerprint density at radius 1 is 1.44 bits per heavy atom. The van der Waals surface area contributed by atoms with E-state index in [0.717, 1.165) is 23.2 Å². The Hall–Kier alpha value is -1.19. The van der Waals surface area contributed by atoms with Crippen LogP contribution in [0.5, 0.6) is 0 Å². The van der Waals surface area contributed by atoms with Crippen LogP contribution in [0.3, 0.4) is 0 Å². The first-order valence-corrected chi connectivity index (χ1v) is 5.61. The molecular weight excluding hydrogens is 202 g/mol. The number of hydrogen-bond acceptors (Lipinski definition) is 3. The lowest BCUT2D eigenvalue weighted by atomic mass is 9.96. The van der Waals surface area contributed by atoms with Crippen molar-refractivity contribution in [2.75, 3.05) is 19.8 Å². The molecule has 1 N–H and O–H groups in total. The van der Waals surface area contributed by atoms with E-state index < -0.39 is 0 Å². The van der Waals surface area contributed by atoms with Crippen LogP contribution in [0.15, 0.2) is 18.2 Å². The molecule has 1 fully saturated rings. The number of morpholine rings is 1. The molecular formula is C13H17NO2. The van der Waals surface area contributed by atoms with Crippen LogP contribution >= 0.6 is 0 Å². The average molecular weight is 219 g/mol. The number of carbonyl (C=O) groups excluding carboxylic acids is 1. The van der Waals surface area contributed by atoms with E-state index >= 15 is 0 Å². The maximum absolute atomic E-state index is 12.2. The molecule has 0 aliphatic carbocycles. The van der Waals surface area contributed by atoms with Crippen molar-refractivity contribution in [1.82, 2.24) is 5.32 Å². The van der Waals surface area contributed by atoms with Gasteiger partial charge in [0.25, 0.3) is 0 Å². The Morgan fingerprint density at radius 2 is 2.25 bits per heavy atom. The summed E-state index contributed by atoms with van der Waals surface area (Å²) in [5.41, 5.74) is 3.03. The Bertz CT molecular complexity index is 395. The van der Waals surface area contributed by atoms with Gasteiger partial charge in [-0.3, -0.25) is 4.79 Å². The lowest BCUT2D eigenvalue weighted by Crippen LogP contribution is -2.46. The van der Waals surface area contributed by atoms with Crippen LogP contribution in [0.25, 0.3) is 0 Å². The minimum absolute atomic E-state index is 0.140. The first-order chi connectivity index (χ1) is 7.70. The third-order valence-corrected chi connectivity index (χ3v) is 3.11. The zero-order valence-corrected chi connectivity index (χ0v) is 9.75. The quantitative estimate of drug-likeness (QED) is 0.766. The highest BCUT2D eigenvalue weighted by molar-refractivity contribution is 6.01. The monoisotopic (exact) mass is 219 g/mol. The van der Waals surface area contributed by atoms with E-state index in [9.17, 15) is 4.79 Å². The third-order valence-electron chi connectivity index (χ3n) is 3.11. The normalized spacial score (nSPS) is 20.8. The highest BCUT2D eigenvalue weighted by Gasteiger charge is 2.23. The minimum atomic E-state index is -0.186. The summed E-state index contributed by atoms with van der Waals surface area (Å²) in [7, 11) is 0. The molecule has 1 saturated heterocycles. The molecule has 1 aromatic carbocycles. The van der Waals surface area contributed by atoms with Crippen LogP contribution in [0.2, 0.25) is 0 Å². The fourth-order valence-electron chi connectivity index (χ4n) is 1.94.